The molecule has 3 rings (SSSR count). The smallest absolute Gasteiger partial charge is 0.237 e. The second-order valence-corrected chi connectivity index (χ2v) is 5.99. The molecule has 1 aromatic rings. The molecule has 0 aromatic heterocycles. The highest BCUT2D eigenvalue weighted by molar-refractivity contribution is 6.30. The van der Waals surface area contributed by atoms with Crippen LogP contribution in [0.25, 0.3) is 0 Å². The normalized spacial score (nSPS) is 26.1. The van der Waals surface area contributed by atoms with Crippen LogP contribution in [0.4, 0.5) is 0 Å². The van der Waals surface area contributed by atoms with Gasteiger partial charge in [0.1, 0.15) is 5.88 Å². The Morgan fingerprint density at radius 1 is 1.32 bits per heavy atom. The van der Waals surface area contributed by atoms with E-state index in [-0.39, 0.29) is 11.8 Å². The molecule has 2 bridgehead atoms. The lowest BCUT2D eigenvalue weighted by atomic mass is 10.2. The van der Waals surface area contributed by atoms with Gasteiger partial charge in [0.25, 0.3) is 0 Å². The molecule has 2 saturated heterocycles. The third-order valence-corrected chi connectivity index (χ3v) is 4.53. The fourth-order valence-electron chi connectivity index (χ4n) is 3.20. The van der Waals surface area contributed by atoms with E-state index in [0.717, 1.165) is 31.1 Å². The van der Waals surface area contributed by atoms with Gasteiger partial charge in [-0.1, -0.05) is 23.7 Å². The molecule has 0 N–H and O–H groups in total. The monoisotopic (exact) mass is 298 g/mol. The second-order valence-electron chi connectivity index (χ2n) is 5.28. The maximum atomic E-state index is 11.7. The van der Waals surface area contributed by atoms with Crippen LogP contribution in [0, 0.1) is 0 Å². The van der Waals surface area contributed by atoms with Gasteiger partial charge >= 0.3 is 0 Å². The van der Waals surface area contributed by atoms with E-state index in [0.29, 0.717) is 12.1 Å². The maximum Gasteiger partial charge on any atom is 0.237 e. The number of likely N-dealkylation sites (tertiary alicyclic amines) is 2. The summed E-state index contributed by atoms with van der Waals surface area (Å²) >= 11 is 11.6. The Hall–Kier alpha value is -0.770. The molecular formula is C14H16Cl2N2O. The fraction of sp³-hybridized carbons (Fsp3) is 0.500. The van der Waals surface area contributed by atoms with Crippen molar-refractivity contribution in [2.24, 2.45) is 0 Å². The van der Waals surface area contributed by atoms with Crippen molar-refractivity contribution in [3.63, 3.8) is 0 Å². The quantitative estimate of drug-likeness (QED) is 0.800. The number of benzene rings is 1. The van der Waals surface area contributed by atoms with Crippen LogP contribution in [-0.2, 0) is 11.3 Å². The molecule has 0 aliphatic carbocycles. The molecule has 2 atom stereocenters. The summed E-state index contributed by atoms with van der Waals surface area (Å²) in [6.45, 7) is 2.67. The van der Waals surface area contributed by atoms with Gasteiger partial charge in [0, 0.05) is 36.7 Å². The Morgan fingerprint density at radius 3 is 2.79 bits per heavy atom. The third kappa shape index (κ3) is 2.60. The number of carbonyl (C=O) groups excluding carboxylic acids is 1. The number of piperazine rings is 1. The minimum atomic E-state index is 0.0663. The van der Waals surface area contributed by atoms with Crippen molar-refractivity contribution in [1.82, 2.24) is 9.80 Å². The van der Waals surface area contributed by atoms with E-state index in [1.807, 2.05) is 23.1 Å². The van der Waals surface area contributed by atoms with Gasteiger partial charge in [0.2, 0.25) is 5.91 Å². The molecular weight excluding hydrogens is 283 g/mol. The molecule has 1 aromatic carbocycles. The molecule has 0 radical (unpaired) electrons. The van der Waals surface area contributed by atoms with Crippen LogP contribution in [0.5, 0.6) is 0 Å². The highest BCUT2D eigenvalue weighted by Crippen LogP contribution is 2.32. The van der Waals surface area contributed by atoms with Crippen molar-refractivity contribution < 1.29 is 4.79 Å². The van der Waals surface area contributed by atoms with Gasteiger partial charge in [-0.3, -0.25) is 9.69 Å². The summed E-state index contributed by atoms with van der Waals surface area (Å²) in [5.41, 5.74) is 1.23. The first-order valence-electron chi connectivity index (χ1n) is 6.51. The van der Waals surface area contributed by atoms with Crippen molar-refractivity contribution in [2.45, 2.75) is 25.0 Å². The van der Waals surface area contributed by atoms with Gasteiger partial charge in [-0.2, -0.15) is 0 Å². The van der Waals surface area contributed by atoms with E-state index < -0.39 is 0 Å². The summed E-state index contributed by atoms with van der Waals surface area (Å²) in [6.07, 6.45) is 1.07. The van der Waals surface area contributed by atoms with Crippen LogP contribution in [-0.4, -0.2) is 46.8 Å². The van der Waals surface area contributed by atoms with Gasteiger partial charge in [0.05, 0.1) is 0 Å². The van der Waals surface area contributed by atoms with E-state index in [4.69, 9.17) is 23.2 Å². The topological polar surface area (TPSA) is 23.6 Å². The van der Waals surface area contributed by atoms with E-state index in [1.54, 1.807) is 0 Å². The van der Waals surface area contributed by atoms with E-state index in [2.05, 4.69) is 11.0 Å². The zero-order valence-corrected chi connectivity index (χ0v) is 12.1. The molecule has 3 nitrogen and oxygen atoms in total. The van der Waals surface area contributed by atoms with Crippen LogP contribution in [0.3, 0.4) is 0 Å². The Kier molecular flexibility index (Phi) is 3.70. The molecule has 2 unspecified atom stereocenters. The van der Waals surface area contributed by atoms with Crippen molar-refractivity contribution in [1.29, 1.82) is 0 Å². The van der Waals surface area contributed by atoms with Gasteiger partial charge in [-0.05, 0) is 24.1 Å². The minimum Gasteiger partial charge on any atom is -0.336 e. The van der Waals surface area contributed by atoms with Gasteiger partial charge in [-0.25, -0.2) is 0 Å². The summed E-state index contributed by atoms with van der Waals surface area (Å²) in [4.78, 5) is 16.0. The predicted molar refractivity (Wildman–Crippen MR) is 76.5 cm³/mol. The molecule has 0 saturated carbocycles. The Bertz CT molecular complexity index is 494. The summed E-state index contributed by atoms with van der Waals surface area (Å²) in [5.74, 6) is 0.161. The maximum absolute atomic E-state index is 11.7. The van der Waals surface area contributed by atoms with Crippen molar-refractivity contribution in [3.8, 4) is 0 Å². The van der Waals surface area contributed by atoms with E-state index in [9.17, 15) is 4.79 Å². The summed E-state index contributed by atoms with van der Waals surface area (Å²) in [5, 5.41) is 0.779. The van der Waals surface area contributed by atoms with Gasteiger partial charge in [-0.15, -0.1) is 11.6 Å². The molecule has 19 heavy (non-hydrogen) atoms. The Balaban J connectivity index is 1.64. The lowest BCUT2D eigenvalue weighted by Crippen LogP contribution is -2.48. The van der Waals surface area contributed by atoms with Gasteiger partial charge < -0.3 is 4.90 Å². The highest BCUT2D eigenvalue weighted by atomic mass is 35.5. The number of halogens is 2. The van der Waals surface area contributed by atoms with E-state index in [1.165, 1.54) is 5.56 Å². The third-order valence-electron chi connectivity index (χ3n) is 4.06. The predicted octanol–water partition coefficient (Wildman–Crippen LogP) is 2.36. The van der Waals surface area contributed by atoms with E-state index >= 15 is 0 Å². The zero-order chi connectivity index (χ0) is 13.4. The first kappa shape index (κ1) is 13.2. The average Bonchev–Trinajstić information content (AvgIpc) is 2.97. The Labute approximate surface area is 123 Å². The number of carbonyl (C=O) groups is 1. The highest BCUT2D eigenvalue weighted by Gasteiger charge is 2.44. The standard InChI is InChI=1S/C14H16Cl2N2O/c15-6-14(19)18-9-12-5-13(18)8-17(12)7-10-2-1-3-11(16)4-10/h1-4,12-13H,5-9H2. The van der Waals surface area contributed by atoms with Crippen LogP contribution in [0.15, 0.2) is 24.3 Å². The summed E-state index contributed by atoms with van der Waals surface area (Å²) in [6, 6.07) is 8.79. The van der Waals surface area contributed by atoms with Crippen molar-refractivity contribution >= 4 is 29.1 Å². The number of rotatable bonds is 3. The molecule has 5 heteroatoms. The number of nitrogens with zero attached hydrogens (tertiary/aromatic N) is 2. The Morgan fingerprint density at radius 2 is 2.16 bits per heavy atom. The second kappa shape index (κ2) is 5.31. The number of hydrogen-bond donors (Lipinski definition) is 0. The largest absolute Gasteiger partial charge is 0.336 e. The zero-order valence-electron chi connectivity index (χ0n) is 10.6. The summed E-state index contributed by atoms with van der Waals surface area (Å²) < 4.78 is 0. The molecule has 2 aliphatic heterocycles. The molecule has 2 aliphatic rings. The molecule has 0 spiro atoms. The van der Waals surface area contributed by atoms with Crippen LogP contribution in [0.1, 0.15) is 12.0 Å². The first-order chi connectivity index (χ1) is 9.17. The number of hydrogen-bond acceptors (Lipinski definition) is 2. The lowest BCUT2D eigenvalue weighted by Gasteiger charge is -2.34. The van der Waals surface area contributed by atoms with Crippen LogP contribution < -0.4 is 0 Å². The molecule has 2 heterocycles. The fourth-order valence-corrected chi connectivity index (χ4v) is 3.56. The number of amides is 1. The van der Waals surface area contributed by atoms with Crippen molar-refractivity contribution in [3.05, 3.63) is 34.9 Å². The first-order valence-corrected chi connectivity index (χ1v) is 7.42. The molecule has 1 amide bonds. The molecule has 102 valence electrons. The van der Waals surface area contributed by atoms with Crippen LogP contribution >= 0.6 is 23.2 Å². The molecule has 2 fully saturated rings. The number of fused-ring (bicyclic) bond motifs is 2. The average molecular weight is 299 g/mol. The number of alkyl halides is 1. The van der Waals surface area contributed by atoms with Crippen molar-refractivity contribution in [2.75, 3.05) is 19.0 Å². The SMILES string of the molecule is O=C(CCl)N1CC2CC1CN2Cc1cccc(Cl)c1. The van der Waals surface area contributed by atoms with Gasteiger partial charge in [0.15, 0.2) is 0 Å². The summed E-state index contributed by atoms with van der Waals surface area (Å²) in [7, 11) is 0. The lowest BCUT2D eigenvalue weighted by molar-refractivity contribution is -0.130. The van der Waals surface area contributed by atoms with Crippen LogP contribution in [0.2, 0.25) is 5.02 Å². The minimum absolute atomic E-state index is 0.0663.